The third-order valence-electron chi connectivity index (χ3n) is 3.61. The minimum atomic E-state index is -0.150. The van der Waals surface area contributed by atoms with Crippen LogP contribution < -0.4 is 20.6 Å². The minimum absolute atomic E-state index is 0.150. The van der Waals surface area contributed by atoms with E-state index >= 15 is 0 Å². The Kier molecular flexibility index (Phi) is 8.55. The summed E-state index contributed by atoms with van der Waals surface area (Å²) in [5.41, 5.74) is 4.84. The van der Waals surface area contributed by atoms with Crippen molar-refractivity contribution < 1.29 is 19.3 Å². The van der Waals surface area contributed by atoms with E-state index < -0.39 is 0 Å². The molecule has 0 heterocycles. The number of para-hydroxylation sites is 2. The van der Waals surface area contributed by atoms with Crippen molar-refractivity contribution in [2.45, 2.75) is 38.5 Å². The number of hydroxylamine groups is 2. The molecule has 2 aromatic rings. The van der Waals surface area contributed by atoms with Crippen LogP contribution in [0.15, 0.2) is 60.7 Å². The lowest BCUT2D eigenvalue weighted by molar-refractivity contribution is -0.128. The van der Waals surface area contributed by atoms with Crippen LogP contribution in [0.1, 0.15) is 38.5 Å². The maximum absolute atomic E-state index is 11.7. The van der Waals surface area contributed by atoms with Crippen molar-refractivity contribution in [1.29, 1.82) is 0 Å². The number of amides is 2. The van der Waals surface area contributed by atoms with Crippen molar-refractivity contribution in [3.05, 3.63) is 60.7 Å². The van der Waals surface area contributed by atoms with E-state index in [9.17, 15) is 9.59 Å². The average molecular weight is 356 g/mol. The van der Waals surface area contributed by atoms with E-state index in [-0.39, 0.29) is 11.8 Å². The fourth-order valence-electron chi connectivity index (χ4n) is 2.24. The Bertz CT molecular complexity index is 603. The van der Waals surface area contributed by atoms with Crippen LogP contribution in [-0.4, -0.2) is 11.8 Å². The SMILES string of the molecule is O=C(CCCCCCC(=O)NOc1ccccc1)NOc1ccccc1. The quantitative estimate of drug-likeness (QED) is 0.477. The number of rotatable bonds is 11. The Morgan fingerprint density at radius 3 is 1.38 bits per heavy atom. The van der Waals surface area contributed by atoms with Gasteiger partial charge in [0.2, 0.25) is 0 Å². The van der Waals surface area contributed by atoms with Gasteiger partial charge < -0.3 is 9.68 Å². The van der Waals surface area contributed by atoms with Gasteiger partial charge in [0.1, 0.15) is 0 Å². The first-order valence-electron chi connectivity index (χ1n) is 8.75. The lowest BCUT2D eigenvalue weighted by atomic mass is 10.1. The van der Waals surface area contributed by atoms with Crippen LogP contribution in [0.4, 0.5) is 0 Å². The van der Waals surface area contributed by atoms with E-state index in [0.29, 0.717) is 24.3 Å². The smallest absolute Gasteiger partial charge is 0.252 e. The standard InChI is InChI=1S/C20H24N2O4/c23-19(21-25-17-11-5-3-6-12-17)15-9-1-2-10-16-20(24)22-26-18-13-7-4-8-14-18/h3-8,11-14H,1-2,9-10,15-16H2,(H,21,23)(H,22,24). The Morgan fingerprint density at radius 2 is 1.00 bits per heavy atom. The molecular formula is C20H24N2O4. The monoisotopic (exact) mass is 356 g/mol. The highest BCUT2D eigenvalue weighted by molar-refractivity contribution is 5.75. The van der Waals surface area contributed by atoms with Crippen molar-refractivity contribution in [3.8, 4) is 11.5 Å². The van der Waals surface area contributed by atoms with Crippen molar-refractivity contribution in [3.63, 3.8) is 0 Å². The van der Waals surface area contributed by atoms with E-state index in [0.717, 1.165) is 25.7 Å². The second kappa shape index (κ2) is 11.5. The fraction of sp³-hybridized carbons (Fsp3) is 0.300. The normalized spacial score (nSPS) is 10.0. The molecule has 0 bridgehead atoms. The molecule has 2 aromatic carbocycles. The predicted octanol–water partition coefficient (Wildman–Crippen LogP) is 3.55. The fourth-order valence-corrected chi connectivity index (χ4v) is 2.24. The molecule has 6 nitrogen and oxygen atoms in total. The second-order valence-corrected chi connectivity index (χ2v) is 5.79. The topological polar surface area (TPSA) is 76.7 Å². The summed E-state index contributed by atoms with van der Waals surface area (Å²) in [6, 6.07) is 18.2. The van der Waals surface area contributed by atoms with Crippen molar-refractivity contribution >= 4 is 11.8 Å². The third kappa shape index (κ3) is 8.19. The van der Waals surface area contributed by atoms with E-state index in [1.54, 1.807) is 24.3 Å². The summed E-state index contributed by atoms with van der Waals surface area (Å²) < 4.78 is 0. The molecule has 0 aliphatic carbocycles. The highest BCUT2D eigenvalue weighted by Crippen LogP contribution is 2.09. The summed E-state index contributed by atoms with van der Waals surface area (Å²) in [7, 11) is 0. The lowest BCUT2D eigenvalue weighted by Crippen LogP contribution is -2.26. The van der Waals surface area contributed by atoms with Crippen molar-refractivity contribution in [2.75, 3.05) is 0 Å². The van der Waals surface area contributed by atoms with Gasteiger partial charge in [-0.1, -0.05) is 49.2 Å². The first-order chi connectivity index (χ1) is 12.7. The van der Waals surface area contributed by atoms with Gasteiger partial charge in [-0.3, -0.25) is 9.59 Å². The Morgan fingerprint density at radius 1 is 0.615 bits per heavy atom. The van der Waals surface area contributed by atoms with Crippen LogP contribution in [0.3, 0.4) is 0 Å². The summed E-state index contributed by atoms with van der Waals surface area (Å²) in [5, 5.41) is 0. The Hall–Kier alpha value is -3.02. The molecule has 0 aliphatic heterocycles. The molecule has 0 saturated carbocycles. The van der Waals surface area contributed by atoms with Crippen LogP contribution in [0.2, 0.25) is 0 Å². The van der Waals surface area contributed by atoms with Gasteiger partial charge in [-0.2, -0.15) is 11.0 Å². The van der Waals surface area contributed by atoms with Gasteiger partial charge >= 0.3 is 0 Å². The van der Waals surface area contributed by atoms with E-state index in [2.05, 4.69) is 11.0 Å². The third-order valence-corrected chi connectivity index (χ3v) is 3.61. The molecule has 138 valence electrons. The zero-order chi connectivity index (χ0) is 18.5. The summed E-state index contributed by atoms with van der Waals surface area (Å²) in [6.45, 7) is 0. The molecule has 26 heavy (non-hydrogen) atoms. The molecule has 0 fully saturated rings. The minimum Gasteiger partial charge on any atom is -0.380 e. The maximum atomic E-state index is 11.7. The molecule has 2 amide bonds. The first-order valence-corrected chi connectivity index (χ1v) is 8.75. The summed E-state index contributed by atoms with van der Waals surface area (Å²) in [5.74, 6) is 0.903. The van der Waals surface area contributed by atoms with E-state index in [1.165, 1.54) is 0 Å². The molecule has 0 aliphatic rings. The van der Waals surface area contributed by atoms with Gasteiger partial charge in [-0.15, -0.1) is 0 Å². The Balaban J connectivity index is 1.45. The van der Waals surface area contributed by atoms with Gasteiger partial charge in [0.05, 0.1) is 0 Å². The zero-order valence-electron chi connectivity index (χ0n) is 14.6. The largest absolute Gasteiger partial charge is 0.380 e. The highest BCUT2D eigenvalue weighted by atomic mass is 16.7. The highest BCUT2D eigenvalue weighted by Gasteiger charge is 2.04. The lowest BCUT2D eigenvalue weighted by Gasteiger charge is -2.07. The van der Waals surface area contributed by atoms with Gasteiger partial charge in [0, 0.05) is 12.8 Å². The van der Waals surface area contributed by atoms with Crippen LogP contribution in [-0.2, 0) is 9.59 Å². The number of hydrogen-bond donors (Lipinski definition) is 2. The average Bonchev–Trinajstić information content (AvgIpc) is 2.69. The van der Waals surface area contributed by atoms with Gasteiger partial charge in [0.25, 0.3) is 11.8 Å². The number of carbonyl (C=O) groups is 2. The van der Waals surface area contributed by atoms with E-state index in [1.807, 2.05) is 36.4 Å². The molecule has 0 radical (unpaired) electrons. The summed E-state index contributed by atoms with van der Waals surface area (Å²) >= 11 is 0. The van der Waals surface area contributed by atoms with Crippen LogP contribution in [0.25, 0.3) is 0 Å². The Labute approximate surface area is 153 Å². The summed E-state index contributed by atoms with van der Waals surface area (Å²) in [4.78, 5) is 33.7. The molecule has 0 atom stereocenters. The van der Waals surface area contributed by atoms with Crippen molar-refractivity contribution in [1.82, 2.24) is 11.0 Å². The van der Waals surface area contributed by atoms with Gasteiger partial charge in [-0.05, 0) is 37.1 Å². The second-order valence-electron chi connectivity index (χ2n) is 5.79. The molecule has 0 aromatic heterocycles. The summed E-state index contributed by atoms with van der Waals surface area (Å²) in [6.07, 6.45) is 4.07. The molecule has 6 heteroatoms. The zero-order valence-corrected chi connectivity index (χ0v) is 14.6. The number of hydrogen-bond acceptors (Lipinski definition) is 4. The molecule has 2 N–H and O–H groups in total. The maximum Gasteiger partial charge on any atom is 0.252 e. The molecule has 2 rings (SSSR count). The number of carbonyl (C=O) groups excluding carboxylic acids is 2. The number of nitrogens with one attached hydrogen (secondary N) is 2. The molecule has 0 unspecified atom stereocenters. The first kappa shape index (κ1) is 19.3. The van der Waals surface area contributed by atoms with Crippen LogP contribution in [0.5, 0.6) is 11.5 Å². The predicted molar refractivity (Wildman–Crippen MR) is 98.1 cm³/mol. The number of benzene rings is 2. The van der Waals surface area contributed by atoms with E-state index in [4.69, 9.17) is 9.68 Å². The molecular weight excluding hydrogens is 332 g/mol. The number of unbranched alkanes of at least 4 members (excludes halogenated alkanes) is 3. The molecule has 0 spiro atoms. The van der Waals surface area contributed by atoms with Gasteiger partial charge in [0.15, 0.2) is 11.5 Å². The molecule has 0 saturated heterocycles. The van der Waals surface area contributed by atoms with Crippen LogP contribution in [0, 0.1) is 0 Å². The van der Waals surface area contributed by atoms with Gasteiger partial charge in [-0.25, -0.2) is 0 Å². The van der Waals surface area contributed by atoms with Crippen molar-refractivity contribution in [2.24, 2.45) is 0 Å². The van der Waals surface area contributed by atoms with Crippen LogP contribution >= 0.6 is 0 Å².